The van der Waals surface area contributed by atoms with Crippen LogP contribution in [0.3, 0.4) is 0 Å². The Balaban J connectivity index is 0.594. The molecule has 5 fully saturated rings. The number of pyridine rings is 2. The van der Waals surface area contributed by atoms with Crippen molar-refractivity contribution >= 4 is 51.1 Å². The van der Waals surface area contributed by atoms with E-state index in [-0.39, 0.29) is 24.9 Å². The van der Waals surface area contributed by atoms with Gasteiger partial charge < -0.3 is 24.0 Å². The molecule has 1 unspecified atom stereocenters. The number of nitrogens with zero attached hydrogens (tertiary/aromatic N) is 7. The number of likely N-dealkylation sites (tertiary alicyclic amines) is 1. The van der Waals surface area contributed by atoms with Gasteiger partial charge in [-0.3, -0.25) is 34.4 Å². The van der Waals surface area contributed by atoms with Gasteiger partial charge in [-0.1, -0.05) is 12.1 Å². The van der Waals surface area contributed by atoms with Gasteiger partial charge in [-0.2, -0.15) is 0 Å². The highest BCUT2D eigenvalue weighted by Crippen LogP contribution is 2.51. The Hall–Kier alpha value is -5.66. The van der Waals surface area contributed by atoms with Crippen LogP contribution in [0.2, 0.25) is 0 Å². The third-order valence-electron chi connectivity index (χ3n) is 15.1. The summed E-state index contributed by atoms with van der Waals surface area (Å²) in [4.78, 5) is 68.2. The molecule has 3 aromatic heterocycles. The van der Waals surface area contributed by atoms with Gasteiger partial charge in [0.15, 0.2) is 0 Å². The number of hydrogen-bond acceptors (Lipinski definition) is 10. The molecule has 1 spiro atoms. The first-order valence-electron chi connectivity index (χ1n) is 22.1. The quantitative estimate of drug-likeness (QED) is 0.173. The average Bonchev–Trinajstić information content (AvgIpc) is 3.65. The first kappa shape index (κ1) is 38.3. The van der Waals surface area contributed by atoms with Crippen LogP contribution in [-0.4, -0.2) is 117 Å². The van der Waals surface area contributed by atoms with Gasteiger partial charge >= 0.3 is 0 Å². The molecule has 1 atom stereocenters. The molecule has 2 saturated carbocycles. The van der Waals surface area contributed by atoms with Crippen molar-refractivity contribution in [2.45, 2.75) is 82.0 Å². The summed E-state index contributed by atoms with van der Waals surface area (Å²) in [7, 11) is 4.42. The third kappa shape index (κ3) is 6.67. The Morgan fingerprint density at radius 3 is 2.39 bits per heavy atom. The Bertz CT molecular complexity index is 2580. The number of amides is 4. The number of carbonyl (C=O) groups is 4. The van der Waals surface area contributed by atoms with Crippen LogP contribution in [0.25, 0.3) is 32.9 Å². The van der Waals surface area contributed by atoms with Gasteiger partial charge in [0.2, 0.25) is 17.7 Å². The number of hydrogen-bond donors (Lipinski definition) is 1. The molecule has 61 heavy (non-hydrogen) atoms. The molecule has 314 valence electrons. The fraction of sp³-hybridized carbons (Fsp3) is 0.458. The maximum Gasteiger partial charge on any atom is 0.262 e. The van der Waals surface area contributed by atoms with Crippen molar-refractivity contribution in [1.29, 1.82) is 0 Å². The predicted octanol–water partition coefficient (Wildman–Crippen LogP) is 5.80. The number of aromatic nitrogens is 3. The third-order valence-corrected chi connectivity index (χ3v) is 15.1. The van der Waals surface area contributed by atoms with Crippen molar-refractivity contribution in [3.05, 3.63) is 84.3 Å². The number of rotatable bonds is 10. The zero-order valence-electron chi connectivity index (χ0n) is 34.9. The number of carbonyl (C=O) groups excluding carboxylic acids is 4. The highest BCUT2D eigenvalue weighted by Gasteiger charge is 2.54. The van der Waals surface area contributed by atoms with E-state index < -0.39 is 23.8 Å². The van der Waals surface area contributed by atoms with Crippen molar-refractivity contribution in [1.82, 2.24) is 34.6 Å². The van der Waals surface area contributed by atoms with Crippen LogP contribution >= 0.6 is 0 Å². The van der Waals surface area contributed by atoms with Crippen molar-refractivity contribution in [2.24, 2.45) is 18.4 Å². The van der Waals surface area contributed by atoms with Gasteiger partial charge in [0.05, 0.1) is 16.6 Å². The number of fused-ring (bicyclic) bond motifs is 4. The highest BCUT2D eigenvalue weighted by atomic mass is 16.5. The fourth-order valence-electron chi connectivity index (χ4n) is 11.3. The zero-order valence-corrected chi connectivity index (χ0v) is 34.9. The van der Waals surface area contributed by atoms with E-state index in [2.05, 4.69) is 74.0 Å². The van der Waals surface area contributed by atoms with E-state index in [0.717, 1.165) is 67.0 Å². The lowest BCUT2D eigenvalue weighted by molar-refractivity contribution is -0.136. The van der Waals surface area contributed by atoms with Gasteiger partial charge in [0, 0.05) is 117 Å². The summed E-state index contributed by atoms with van der Waals surface area (Å²) in [5, 5.41) is 4.64. The van der Waals surface area contributed by atoms with Crippen LogP contribution in [0.15, 0.2) is 73.2 Å². The van der Waals surface area contributed by atoms with Crippen LogP contribution in [0, 0.1) is 11.3 Å². The summed E-state index contributed by atoms with van der Waals surface area (Å²) in [5.74, 6) is -0.492. The normalized spacial score (nSPS) is 24.3. The summed E-state index contributed by atoms with van der Waals surface area (Å²) < 4.78 is 8.55. The molecule has 13 heteroatoms. The van der Waals surface area contributed by atoms with Gasteiger partial charge in [0.1, 0.15) is 12.1 Å². The molecule has 13 nitrogen and oxygen atoms in total. The fourth-order valence-corrected chi connectivity index (χ4v) is 11.3. The lowest BCUT2D eigenvalue weighted by Gasteiger charge is -2.62. The van der Waals surface area contributed by atoms with Crippen molar-refractivity contribution < 1.29 is 23.9 Å². The second-order valence-electron chi connectivity index (χ2n) is 18.8. The monoisotopic (exact) mass is 820 g/mol. The summed E-state index contributed by atoms with van der Waals surface area (Å²) in [5.41, 5.74) is 6.70. The van der Waals surface area contributed by atoms with Gasteiger partial charge in [-0.15, -0.1) is 0 Å². The largest absolute Gasteiger partial charge is 0.474 e. The average molecular weight is 821 g/mol. The van der Waals surface area contributed by atoms with Crippen molar-refractivity contribution in [3.8, 4) is 17.0 Å². The maximum absolute atomic E-state index is 13.3. The maximum atomic E-state index is 13.3. The first-order valence-corrected chi connectivity index (χ1v) is 22.1. The van der Waals surface area contributed by atoms with E-state index in [0.29, 0.717) is 40.4 Å². The number of aryl methyl sites for hydroxylation is 1. The molecule has 0 radical (unpaired) electrons. The Morgan fingerprint density at radius 2 is 1.62 bits per heavy atom. The van der Waals surface area contributed by atoms with Crippen molar-refractivity contribution in [2.75, 3.05) is 44.7 Å². The smallest absolute Gasteiger partial charge is 0.262 e. The summed E-state index contributed by atoms with van der Waals surface area (Å²) in [6.07, 6.45) is 14.3. The zero-order chi connectivity index (χ0) is 41.6. The first-order chi connectivity index (χ1) is 29.6. The SMILES string of the molecule is CN(C1CC(Oc2ccc(-c3ccc4c5cnccc5n(C)c4c3)cn2)C1)C1CC2(C1)CN(CCC1CCN(c3ccc4c(c3)C(=O)N(C3CCC(=O)NC3=O)C4=O)CC1)C2. The minimum absolute atomic E-state index is 0.112. The molecule has 2 aromatic carbocycles. The van der Waals surface area contributed by atoms with Crippen LogP contribution in [-0.2, 0) is 16.6 Å². The standard InChI is InChI=1S/C48H52N8O5/c1-52(33-20-35(21-33)61-44-10-4-31(25-50-44)30-3-6-36-39-26-49-15-11-40(39)53(2)42(36)19-30)34-23-48(24-34)27-54(28-48)16-12-29-13-17-55(18-14-29)32-5-7-37-38(22-32)47(60)56(46(37)59)41-8-9-43(57)51-45(41)58/h3-7,10-11,15,19,22,25-26,29,33-35,41H,8-9,12-14,16-18,20-21,23-24,27-28H2,1-2H3,(H,51,57,58). The highest BCUT2D eigenvalue weighted by molar-refractivity contribution is 6.23. The molecule has 3 saturated heterocycles. The van der Waals surface area contributed by atoms with E-state index in [4.69, 9.17) is 9.72 Å². The van der Waals surface area contributed by atoms with E-state index in [1.165, 1.54) is 54.2 Å². The van der Waals surface area contributed by atoms with E-state index in [1.54, 1.807) is 6.07 Å². The van der Waals surface area contributed by atoms with Gasteiger partial charge in [0.25, 0.3) is 11.8 Å². The molecule has 2 aliphatic carbocycles. The van der Waals surface area contributed by atoms with E-state index >= 15 is 0 Å². The Labute approximate surface area is 355 Å². The number of imide groups is 2. The predicted molar refractivity (Wildman–Crippen MR) is 231 cm³/mol. The van der Waals surface area contributed by atoms with Crippen LogP contribution in [0.4, 0.5) is 5.69 Å². The minimum Gasteiger partial charge on any atom is -0.474 e. The number of piperidine rings is 2. The van der Waals surface area contributed by atoms with Gasteiger partial charge in [-0.05, 0) is 105 Å². The summed E-state index contributed by atoms with van der Waals surface area (Å²) in [6, 6.07) is 18.5. The topological polar surface area (TPSA) is 133 Å². The lowest BCUT2D eigenvalue weighted by Crippen LogP contribution is -2.67. The van der Waals surface area contributed by atoms with Crippen LogP contribution in [0.5, 0.6) is 5.88 Å². The summed E-state index contributed by atoms with van der Waals surface area (Å²) in [6.45, 7) is 5.43. The molecule has 5 aromatic rings. The van der Waals surface area contributed by atoms with Crippen LogP contribution < -0.4 is 15.0 Å². The molecular formula is C48H52N8O5. The molecule has 4 aliphatic heterocycles. The van der Waals surface area contributed by atoms with E-state index in [9.17, 15) is 19.2 Å². The molecular weight excluding hydrogens is 769 g/mol. The molecule has 1 N–H and O–H groups in total. The number of ether oxygens (including phenoxy) is 1. The number of benzene rings is 2. The summed E-state index contributed by atoms with van der Waals surface area (Å²) >= 11 is 0. The molecule has 4 amide bonds. The molecule has 11 rings (SSSR count). The molecule has 6 aliphatic rings. The van der Waals surface area contributed by atoms with Gasteiger partial charge in [-0.25, -0.2) is 4.98 Å². The molecule has 7 heterocycles. The molecule has 0 bridgehead atoms. The Morgan fingerprint density at radius 1 is 0.836 bits per heavy atom. The number of nitrogens with one attached hydrogen (secondary N) is 1. The van der Waals surface area contributed by atoms with Crippen molar-refractivity contribution in [3.63, 3.8) is 0 Å². The minimum atomic E-state index is -0.947. The lowest BCUT2D eigenvalue weighted by atomic mass is 9.59. The Kier molecular flexibility index (Phi) is 9.26. The van der Waals surface area contributed by atoms with Crippen LogP contribution in [0.1, 0.15) is 78.5 Å². The number of anilines is 1. The van der Waals surface area contributed by atoms with E-state index in [1.807, 2.05) is 36.8 Å². The second kappa shape index (κ2) is 14.8. The second-order valence-corrected chi connectivity index (χ2v) is 18.8.